The van der Waals surface area contributed by atoms with Gasteiger partial charge in [-0.1, -0.05) is 25.5 Å². The van der Waals surface area contributed by atoms with E-state index in [1.165, 1.54) is 0 Å². The van der Waals surface area contributed by atoms with E-state index >= 15 is 0 Å². The molecule has 0 saturated carbocycles. The Morgan fingerprint density at radius 1 is 1.29 bits per heavy atom. The Hall–Kier alpha value is -1.61. The van der Waals surface area contributed by atoms with Gasteiger partial charge in [-0.2, -0.15) is 0 Å². The first-order valence-corrected chi connectivity index (χ1v) is 5.94. The van der Waals surface area contributed by atoms with Crippen LogP contribution in [0.4, 0.5) is 0 Å². The summed E-state index contributed by atoms with van der Waals surface area (Å²) >= 11 is 0. The third-order valence-corrected chi connectivity index (χ3v) is 2.72. The number of ether oxygens (including phenoxy) is 1. The summed E-state index contributed by atoms with van der Waals surface area (Å²) in [4.78, 5) is 4.12. The van der Waals surface area contributed by atoms with Crippen LogP contribution in [-0.2, 0) is 16.5 Å². The van der Waals surface area contributed by atoms with Crippen LogP contribution in [0.5, 0.6) is 5.75 Å². The molecule has 1 aromatic carbocycles. The van der Waals surface area contributed by atoms with Crippen LogP contribution in [0.2, 0.25) is 0 Å². The van der Waals surface area contributed by atoms with Crippen LogP contribution in [0.25, 0.3) is 10.9 Å². The highest BCUT2D eigenvalue weighted by molar-refractivity contribution is 5.86. The van der Waals surface area contributed by atoms with Gasteiger partial charge in [-0.15, -0.1) is 0 Å². The molecule has 3 heteroatoms. The zero-order valence-corrected chi connectivity index (χ0v) is 9.98. The molecule has 0 atom stereocenters. The fourth-order valence-electron chi connectivity index (χ4n) is 1.76. The molecule has 2 rings (SSSR count). The molecule has 2 aromatic rings. The molecule has 0 spiro atoms. The normalized spacial score (nSPS) is 10.9. The van der Waals surface area contributed by atoms with E-state index in [0.717, 1.165) is 30.4 Å². The fraction of sp³-hybridized carbons (Fsp3) is 0.357. The summed E-state index contributed by atoms with van der Waals surface area (Å²) in [7, 11) is 0. The highest BCUT2D eigenvalue weighted by Gasteiger charge is 2.06. The van der Waals surface area contributed by atoms with Crippen molar-refractivity contribution < 1.29 is 9.84 Å². The van der Waals surface area contributed by atoms with Gasteiger partial charge in [-0.05, 0) is 24.1 Å². The van der Waals surface area contributed by atoms with Crippen LogP contribution in [0.3, 0.4) is 0 Å². The first-order valence-electron chi connectivity index (χ1n) is 5.94. The van der Waals surface area contributed by atoms with Crippen molar-refractivity contribution in [3.05, 3.63) is 36.0 Å². The summed E-state index contributed by atoms with van der Waals surface area (Å²) in [5, 5.41) is 12.5. The Balaban J connectivity index is 2.20. The second-order valence-corrected chi connectivity index (χ2v) is 4.03. The van der Waals surface area contributed by atoms with Crippen molar-refractivity contribution in [2.75, 3.05) is 6.61 Å². The van der Waals surface area contributed by atoms with Crippen molar-refractivity contribution in [2.24, 2.45) is 0 Å². The van der Waals surface area contributed by atoms with Gasteiger partial charge in [-0.25, -0.2) is 0 Å². The molecule has 17 heavy (non-hydrogen) atoms. The molecule has 0 unspecified atom stereocenters. The summed E-state index contributed by atoms with van der Waals surface area (Å²) in [6, 6.07) is 7.16. The highest BCUT2D eigenvalue weighted by Crippen LogP contribution is 2.26. The SMILES string of the molecule is CCCCOCc1ccc([O])c2ncccc12. The Kier molecular flexibility index (Phi) is 3.94. The van der Waals surface area contributed by atoms with Crippen LogP contribution >= 0.6 is 0 Å². The number of fused-ring (bicyclic) bond motifs is 1. The van der Waals surface area contributed by atoms with Crippen molar-refractivity contribution >= 4 is 10.9 Å². The third-order valence-electron chi connectivity index (χ3n) is 2.72. The highest BCUT2D eigenvalue weighted by atomic mass is 16.5. The summed E-state index contributed by atoms with van der Waals surface area (Å²) in [5.41, 5.74) is 1.56. The van der Waals surface area contributed by atoms with Gasteiger partial charge in [0.15, 0.2) is 0 Å². The topological polar surface area (TPSA) is 42.0 Å². The van der Waals surface area contributed by atoms with Crippen molar-refractivity contribution in [3.8, 4) is 5.75 Å². The average molecular weight is 230 g/mol. The first-order chi connectivity index (χ1) is 8.33. The number of unbranched alkanes of at least 4 members (excludes halogenated alkanes) is 1. The lowest BCUT2D eigenvalue weighted by Gasteiger charge is -2.07. The van der Waals surface area contributed by atoms with Crippen molar-refractivity contribution in [1.29, 1.82) is 0 Å². The standard InChI is InChI=1S/C14H16NO2/c1-2-3-9-17-10-11-6-7-13(16)14-12(11)5-4-8-15-14/h4-8H,2-3,9-10H2,1H3. The van der Waals surface area contributed by atoms with Gasteiger partial charge in [0.05, 0.1) is 6.61 Å². The van der Waals surface area contributed by atoms with Gasteiger partial charge >= 0.3 is 0 Å². The molecular weight excluding hydrogens is 214 g/mol. The summed E-state index contributed by atoms with van der Waals surface area (Å²) in [6.07, 6.45) is 3.84. The molecule has 0 bridgehead atoms. The lowest BCUT2D eigenvalue weighted by molar-refractivity contribution is 0.119. The number of benzene rings is 1. The van der Waals surface area contributed by atoms with Crippen LogP contribution < -0.4 is 0 Å². The number of aromatic nitrogens is 1. The van der Waals surface area contributed by atoms with Gasteiger partial charge in [0.2, 0.25) is 5.75 Å². The number of rotatable bonds is 5. The maximum atomic E-state index is 11.6. The Labute approximate surface area is 101 Å². The molecule has 3 nitrogen and oxygen atoms in total. The maximum absolute atomic E-state index is 11.6. The number of hydrogen-bond acceptors (Lipinski definition) is 2. The molecule has 1 heterocycles. The molecule has 0 saturated heterocycles. The Morgan fingerprint density at radius 2 is 2.18 bits per heavy atom. The lowest BCUT2D eigenvalue weighted by Crippen LogP contribution is -1.96. The maximum Gasteiger partial charge on any atom is 0.204 e. The summed E-state index contributed by atoms with van der Waals surface area (Å²) < 4.78 is 5.58. The zero-order valence-electron chi connectivity index (χ0n) is 9.98. The molecule has 1 radical (unpaired) electrons. The number of nitrogens with zero attached hydrogens (tertiary/aromatic N) is 1. The Bertz CT molecular complexity index is 497. The van der Waals surface area contributed by atoms with E-state index < -0.39 is 0 Å². The predicted octanol–water partition coefficient (Wildman–Crippen LogP) is 3.70. The molecule has 0 fully saturated rings. The minimum atomic E-state index is -0.0297. The van der Waals surface area contributed by atoms with Gasteiger partial charge in [0.25, 0.3) is 0 Å². The monoisotopic (exact) mass is 230 g/mol. The summed E-state index contributed by atoms with van der Waals surface area (Å²) in [6.45, 7) is 3.44. The number of hydrogen-bond donors (Lipinski definition) is 0. The van der Waals surface area contributed by atoms with Gasteiger partial charge < -0.3 is 4.74 Å². The van der Waals surface area contributed by atoms with Gasteiger partial charge in [0.1, 0.15) is 5.52 Å². The van der Waals surface area contributed by atoms with Crippen LogP contribution in [-0.4, -0.2) is 11.6 Å². The predicted molar refractivity (Wildman–Crippen MR) is 66.4 cm³/mol. The quantitative estimate of drug-likeness (QED) is 0.735. The van der Waals surface area contributed by atoms with E-state index in [9.17, 15) is 5.11 Å². The average Bonchev–Trinajstić information content (AvgIpc) is 2.37. The fourth-order valence-corrected chi connectivity index (χ4v) is 1.76. The van der Waals surface area contributed by atoms with E-state index in [2.05, 4.69) is 11.9 Å². The zero-order chi connectivity index (χ0) is 12.1. The van der Waals surface area contributed by atoms with Gasteiger partial charge in [0, 0.05) is 18.2 Å². The molecule has 89 valence electrons. The number of pyridine rings is 1. The van der Waals surface area contributed by atoms with Crippen molar-refractivity contribution in [1.82, 2.24) is 4.98 Å². The lowest BCUT2D eigenvalue weighted by atomic mass is 10.1. The third kappa shape index (κ3) is 2.74. The van der Waals surface area contributed by atoms with Crippen molar-refractivity contribution in [3.63, 3.8) is 0 Å². The van der Waals surface area contributed by atoms with E-state index in [0.29, 0.717) is 12.1 Å². The molecular formula is C14H16NO2. The van der Waals surface area contributed by atoms with Gasteiger partial charge in [-0.3, -0.25) is 10.1 Å². The van der Waals surface area contributed by atoms with Crippen LogP contribution in [0.15, 0.2) is 30.5 Å². The molecule has 0 amide bonds. The minimum absolute atomic E-state index is 0.0297. The minimum Gasteiger partial charge on any atom is -0.377 e. The van der Waals surface area contributed by atoms with Crippen molar-refractivity contribution in [2.45, 2.75) is 26.4 Å². The molecule has 0 N–H and O–H groups in total. The molecule has 1 aromatic heterocycles. The molecule has 0 aliphatic carbocycles. The molecule has 0 aliphatic rings. The second kappa shape index (κ2) is 5.64. The van der Waals surface area contributed by atoms with E-state index in [1.54, 1.807) is 12.3 Å². The van der Waals surface area contributed by atoms with E-state index in [4.69, 9.17) is 4.74 Å². The van der Waals surface area contributed by atoms with Crippen LogP contribution in [0.1, 0.15) is 25.3 Å². The van der Waals surface area contributed by atoms with E-state index in [-0.39, 0.29) is 5.75 Å². The van der Waals surface area contributed by atoms with E-state index in [1.807, 2.05) is 18.2 Å². The summed E-state index contributed by atoms with van der Waals surface area (Å²) in [5.74, 6) is -0.0297. The molecule has 0 aliphatic heterocycles. The van der Waals surface area contributed by atoms with Crippen LogP contribution in [0, 0.1) is 0 Å². The first kappa shape index (κ1) is 11.9. The second-order valence-electron chi connectivity index (χ2n) is 4.03. The largest absolute Gasteiger partial charge is 0.377 e. The smallest absolute Gasteiger partial charge is 0.204 e. The Morgan fingerprint density at radius 3 is 3.00 bits per heavy atom.